The maximum atomic E-state index is 12.8. The number of benzene rings is 2. The Balaban J connectivity index is 1.70. The van der Waals surface area contributed by atoms with Crippen LogP contribution in [0, 0.1) is 5.82 Å². The van der Waals surface area contributed by atoms with Crippen LogP contribution in [-0.2, 0) is 6.54 Å². The first-order chi connectivity index (χ1) is 12.6. The number of nitrogens with two attached hydrogens (primary N) is 1. The molecule has 2 aromatic carbocycles. The quantitative estimate of drug-likeness (QED) is 0.408. The highest BCUT2D eigenvalue weighted by atomic mass is 19.1. The summed E-state index contributed by atoms with van der Waals surface area (Å²) < 4.78 is 28.8. The molecule has 0 saturated carbocycles. The number of aliphatic imine (C=N–C) groups is 1. The van der Waals surface area contributed by atoms with Gasteiger partial charge in [-0.3, -0.25) is 0 Å². The van der Waals surface area contributed by atoms with Crippen LogP contribution in [0.25, 0.3) is 0 Å². The van der Waals surface area contributed by atoms with Crippen molar-refractivity contribution in [1.82, 2.24) is 5.32 Å². The highest BCUT2D eigenvalue weighted by Gasteiger charge is 2.04. The molecule has 0 saturated heterocycles. The van der Waals surface area contributed by atoms with Crippen LogP contribution in [0.1, 0.15) is 12.0 Å². The van der Waals surface area contributed by atoms with E-state index in [0.29, 0.717) is 42.9 Å². The number of guanidine groups is 1. The Labute approximate surface area is 152 Å². The van der Waals surface area contributed by atoms with Crippen LogP contribution >= 0.6 is 0 Å². The summed E-state index contributed by atoms with van der Waals surface area (Å²) >= 11 is 0. The van der Waals surface area contributed by atoms with Gasteiger partial charge in [0.05, 0.1) is 27.4 Å². The Morgan fingerprint density at radius 3 is 2.50 bits per heavy atom. The molecule has 0 heterocycles. The highest BCUT2D eigenvalue weighted by Crippen LogP contribution is 2.27. The molecule has 26 heavy (non-hydrogen) atoms. The van der Waals surface area contributed by atoms with Crippen LogP contribution in [-0.4, -0.2) is 33.3 Å². The molecule has 0 aliphatic carbocycles. The molecule has 0 unspecified atom stereocenters. The van der Waals surface area contributed by atoms with Gasteiger partial charge < -0.3 is 25.3 Å². The van der Waals surface area contributed by atoms with Gasteiger partial charge in [0.1, 0.15) is 11.6 Å². The number of rotatable bonds is 9. The summed E-state index contributed by atoms with van der Waals surface area (Å²) in [6.45, 7) is 1.56. The van der Waals surface area contributed by atoms with E-state index in [9.17, 15) is 4.39 Å². The van der Waals surface area contributed by atoms with Crippen molar-refractivity contribution in [1.29, 1.82) is 0 Å². The van der Waals surface area contributed by atoms with E-state index >= 15 is 0 Å². The van der Waals surface area contributed by atoms with Gasteiger partial charge in [0.2, 0.25) is 0 Å². The molecule has 0 radical (unpaired) electrons. The van der Waals surface area contributed by atoms with Crippen molar-refractivity contribution < 1.29 is 18.6 Å². The van der Waals surface area contributed by atoms with Gasteiger partial charge in [-0.05, 0) is 48.4 Å². The molecule has 7 heteroatoms. The van der Waals surface area contributed by atoms with Crippen molar-refractivity contribution in [2.45, 2.75) is 13.0 Å². The topological polar surface area (TPSA) is 78.1 Å². The first kappa shape index (κ1) is 19.4. The molecule has 0 atom stereocenters. The van der Waals surface area contributed by atoms with E-state index in [0.717, 1.165) is 12.0 Å². The van der Waals surface area contributed by atoms with Gasteiger partial charge in [0, 0.05) is 6.54 Å². The predicted molar refractivity (Wildman–Crippen MR) is 99.4 cm³/mol. The van der Waals surface area contributed by atoms with E-state index in [4.69, 9.17) is 19.9 Å². The van der Waals surface area contributed by atoms with Crippen LogP contribution in [0.2, 0.25) is 0 Å². The number of nitrogens with zero attached hydrogens (tertiary/aromatic N) is 1. The molecule has 6 nitrogen and oxygen atoms in total. The first-order valence-electron chi connectivity index (χ1n) is 8.25. The third-order valence-corrected chi connectivity index (χ3v) is 3.59. The number of nitrogens with one attached hydrogen (secondary N) is 1. The molecule has 3 N–H and O–H groups in total. The van der Waals surface area contributed by atoms with E-state index < -0.39 is 0 Å². The van der Waals surface area contributed by atoms with Gasteiger partial charge in [-0.15, -0.1) is 0 Å². The second kappa shape index (κ2) is 10.1. The van der Waals surface area contributed by atoms with Gasteiger partial charge in [-0.25, -0.2) is 9.38 Å². The van der Waals surface area contributed by atoms with E-state index in [1.165, 1.54) is 12.1 Å². The number of methoxy groups -OCH3 is 2. The molecule has 0 amide bonds. The lowest BCUT2D eigenvalue weighted by Crippen LogP contribution is -2.33. The van der Waals surface area contributed by atoms with Crippen LogP contribution in [0.5, 0.6) is 17.2 Å². The standard InChI is InChI=1S/C19H24FN3O3/c1-24-17-9-4-14(12-18(17)25-2)13-23-19(21)22-10-3-11-26-16-7-5-15(20)6-8-16/h4-9,12H,3,10-11,13H2,1-2H3,(H3,21,22,23). The fourth-order valence-corrected chi connectivity index (χ4v) is 2.22. The Hall–Kier alpha value is -2.96. The molecule has 0 aliphatic rings. The summed E-state index contributed by atoms with van der Waals surface area (Å²) in [5.41, 5.74) is 6.82. The van der Waals surface area contributed by atoms with E-state index in [2.05, 4.69) is 10.3 Å². The molecule has 0 spiro atoms. The monoisotopic (exact) mass is 361 g/mol. The Bertz CT molecular complexity index is 720. The average molecular weight is 361 g/mol. The molecule has 2 aromatic rings. The molecule has 0 aliphatic heterocycles. The van der Waals surface area contributed by atoms with E-state index in [-0.39, 0.29) is 5.82 Å². The highest BCUT2D eigenvalue weighted by molar-refractivity contribution is 5.77. The van der Waals surface area contributed by atoms with Crippen LogP contribution in [0.4, 0.5) is 4.39 Å². The zero-order valence-electron chi connectivity index (χ0n) is 15.0. The van der Waals surface area contributed by atoms with Crippen molar-refractivity contribution in [2.24, 2.45) is 10.7 Å². The number of hydrogen-bond acceptors (Lipinski definition) is 4. The van der Waals surface area contributed by atoms with Crippen molar-refractivity contribution >= 4 is 5.96 Å². The zero-order chi connectivity index (χ0) is 18.8. The van der Waals surface area contributed by atoms with E-state index in [1.807, 2.05) is 18.2 Å². The number of halogens is 1. The van der Waals surface area contributed by atoms with E-state index in [1.54, 1.807) is 26.4 Å². The third kappa shape index (κ3) is 6.16. The van der Waals surface area contributed by atoms with Crippen LogP contribution in [0.15, 0.2) is 47.5 Å². The van der Waals surface area contributed by atoms with Gasteiger partial charge in [0.15, 0.2) is 17.5 Å². The second-order valence-electron chi connectivity index (χ2n) is 5.47. The summed E-state index contributed by atoms with van der Waals surface area (Å²) in [5.74, 6) is 2.05. The van der Waals surface area contributed by atoms with Crippen molar-refractivity contribution in [3.8, 4) is 17.2 Å². The van der Waals surface area contributed by atoms with Gasteiger partial charge in [0.25, 0.3) is 0 Å². The third-order valence-electron chi connectivity index (χ3n) is 3.59. The molecule has 140 valence electrons. The minimum absolute atomic E-state index is 0.280. The summed E-state index contributed by atoms with van der Waals surface area (Å²) in [4.78, 5) is 4.30. The number of hydrogen-bond donors (Lipinski definition) is 2. The average Bonchev–Trinajstić information content (AvgIpc) is 2.67. The zero-order valence-corrected chi connectivity index (χ0v) is 15.0. The maximum absolute atomic E-state index is 12.8. The maximum Gasteiger partial charge on any atom is 0.188 e. The van der Waals surface area contributed by atoms with Crippen molar-refractivity contribution in [2.75, 3.05) is 27.4 Å². The van der Waals surface area contributed by atoms with Gasteiger partial charge in [-0.1, -0.05) is 6.07 Å². The molecule has 0 fully saturated rings. The summed E-state index contributed by atoms with van der Waals surface area (Å²) in [6.07, 6.45) is 0.740. The largest absolute Gasteiger partial charge is 0.494 e. The Morgan fingerprint density at radius 1 is 1.08 bits per heavy atom. The molecule has 0 bridgehead atoms. The summed E-state index contributed by atoms with van der Waals surface area (Å²) in [6, 6.07) is 11.5. The first-order valence-corrected chi connectivity index (χ1v) is 8.25. The lowest BCUT2D eigenvalue weighted by molar-refractivity contribution is 0.311. The summed E-state index contributed by atoms with van der Waals surface area (Å²) in [7, 11) is 3.19. The lowest BCUT2D eigenvalue weighted by atomic mass is 10.2. The predicted octanol–water partition coefficient (Wildman–Crippen LogP) is 2.72. The molecule has 0 aromatic heterocycles. The fraction of sp³-hybridized carbons (Fsp3) is 0.316. The lowest BCUT2D eigenvalue weighted by Gasteiger charge is -2.09. The fourth-order valence-electron chi connectivity index (χ4n) is 2.22. The normalized spacial score (nSPS) is 11.1. The molecular formula is C19H24FN3O3. The Kier molecular flexibility index (Phi) is 7.54. The molecular weight excluding hydrogens is 337 g/mol. The Morgan fingerprint density at radius 2 is 1.81 bits per heavy atom. The van der Waals surface area contributed by atoms with Crippen LogP contribution < -0.4 is 25.3 Å². The minimum Gasteiger partial charge on any atom is -0.494 e. The second-order valence-corrected chi connectivity index (χ2v) is 5.47. The van der Waals surface area contributed by atoms with Gasteiger partial charge >= 0.3 is 0 Å². The van der Waals surface area contributed by atoms with Crippen LogP contribution in [0.3, 0.4) is 0 Å². The van der Waals surface area contributed by atoms with Crippen molar-refractivity contribution in [3.05, 3.63) is 53.8 Å². The summed E-state index contributed by atoms with van der Waals surface area (Å²) in [5, 5.41) is 3.03. The number of ether oxygens (including phenoxy) is 3. The van der Waals surface area contributed by atoms with Gasteiger partial charge in [-0.2, -0.15) is 0 Å². The SMILES string of the molecule is COc1ccc(CN=C(N)NCCCOc2ccc(F)cc2)cc1OC. The smallest absolute Gasteiger partial charge is 0.188 e. The van der Waals surface area contributed by atoms with Crippen molar-refractivity contribution in [3.63, 3.8) is 0 Å². The molecule has 2 rings (SSSR count). The minimum atomic E-state index is -0.280.